The van der Waals surface area contributed by atoms with Crippen LogP contribution in [0.15, 0.2) is 60.3 Å². The number of amides is 1. The van der Waals surface area contributed by atoms with Crippen LogP contribution >= 0.6 is 11.3 Å². The van der Waals surface area contributed by atoms with Crippen LogP contribution in [0.25, 0.3) is 17.0 Å². The number of nitrogens with zero attached hydrogens (tertiary/aromatic N) is 4. The highest BCUT2D eigenvalue weighted by atomic mass is 32.1. The molecule has 0 fully saturated rings. The molecule has 2 aromatic heterocycles. The van der Waals surface area contributed by atoms with Gasteiger partial charge in [0.15, 0.2) is 0 Å². The number of alkyl halides is 3. The van der Waals surface area contributed by atoms with Gasteiger partial charge in [0, 0.05) is 29.2 Å². The van der Waals surface area contributed by atoms with Crippen molar-refractivity contribution in [2.75, 3.05) is 5.32 Å². The van der Waals surface area contributed by atoms with Gasteiger partial charge in [-0.25, -0.2) is 0 Å². The highest BCUT2D eigenvalue weighted by molar-refractivity contribution is 7.15. The van der Waals surface area contributed by atoms with E-state index in [4.69, 9.17) is 0 Å². The van der Waals surface area contributed by atoms with Crippen molar-refractivity contribution in [1.82, 2.24) is 14.8 Å². The van der Waals surface area contributed by atoms with E-state index in [0.717, 1.165) is 22.0 Å². The van der Waals surface area contributed by atoms with Crippen molar-refractivity contribution in [2.45, 2.75) is 19.6 Å². The quantitative estimate of drug-likeness (QED) is 0.314. The van der Waals surface area contributed by atoms with Crippen LogP contribution in [0.2, 0.25) is 0 Å². The Balaban J connectivity index is 1.64. The average molecular weight is 467 g/mol. The minimum Gasteiger partial charge on any atom is -0.342 e. The Bertz CT molecular complexity index is 1410. The number of benzene rings is 2. The molecule has 2 aromatic carbocycles. The van der Waals surface area contributed by atoms with Crippen molar-refractivity contribution in [3.05, 3.63) is 82.0 Å². The summed E-state index contributed by atoms with van der Waals surface area (Å²) in [6.07, 6.45) is -1.41. The van der Waals surface area contributed by atoms with Gasteiger partial charge >= 0.3 is 6.18 Å². The molecule has 1 amide bonds. The van der Waals surface area contributed by atoms with Crippen LogP contribution in [0, 0.1) is 18.3 Å². The van der Waals surface area contributed by atoms with Gasteiger partial charge in [-0.05, 0) is 24.6 Å². The zero-order valence-corrected chi connectivity index (χ0v) is 18.0. The fraction of sp³-hybridized carbons (Fsp3) is 0.130. The number of aryl methyl sites for hydroxylation is 1. The predicted molar refractivity (Wildman–Crippen MR) is 119 cm³/mol. The molecule has 1 N–H and O–H groups in total. The largest absolute Gasteiger partial charge is 0.445 e. The number of nitrogens with one attached hydrogen (secondary N) is 1. The standard InChI is InChI=1S/C23H16F3N5OS/c1-14-5-4-6-15(9-14)12-31-13-17(18-7-2-3-8-19(18)31)10-16(11-27)20(32)28-22-30-29-21(33-22)23(24,25)26/h2-10,13H,12H2,1H3,(H,28,30,32)/b16-10-. The molecular weight excluding hydrogens is 451 g/mol. The molecule has 2 heterocycles. The zero-order valence-electron chi connectivity index (χ0n) is 17.2. The second-order valence-electron chi connectivity index (χ2n) is 7.25. The van der Waals surface area contributed by atoms with Crippen molar-refractivity contribution in [1.29, 1.82) is 5.26 Å². The second-order valence-corrected chi connectivity index (χ2v) is 8.23. The molecule has 0 bridgehead atoms. The maximum Gasteiger partial charge on any atom is 0.445 e. The summed E-state index contributed by atoms with van der Waals surface area (Å²) in [5.74, 6) is -0.863. The van der Waals surface area contributed by atoms with Crippen molar-refractivity contribution >= 4 is 39.4 Å². The number of aromatic nitrogens is 3. The van der Waals surface area contributed by atoms with Gasteiger partial charge in [0.2, 0.25) is 10.1 Å². The zero-order chi connectivity index (χ0) is 23.6. The molecule has 0 atom stereocenters. The number of para-hydroxylation sites is 1. The molecule has 0 aliphatic heterocycles. The number of halogens is 3. The monoisotopic (exact) mass is 467 g/mol. The summed E-state index contributed by atoms with van der Waals surface area (Å²) >= 11 is 0.191. The summed E-state index contributed by atoms with van der Waals surface area (Å²) in [6, 6.07) is 17.5. The van der Waals surface area contributed by atoms with E-state index < -0.39 is 17.1 Å². The third-order valence-electron chi connectivity index (χ3n) is 4.81. The summed E-state index contributed by atoms with van der Waals surface area (Å²) in [5.41, 5.74) is 3.52. The van der Waals surface area contributed by atoms with Crippen LogP contribution in [-0.4, -0.2) is 20.7 Å². The molecule has 0 spiro atoms. The van der Waals surface area contributed by atoms with Crippen LogP contribution in [0.1, 0.15) is 21.7 Å². The lowest BCUT2D eigenvalue weighted by Crippen LogP contribution is -2.13. The molecule has 0 saturated carbocycles. The Kier molecular flexibility index (Phi) is 5.98. The molecule has 0 radical (unpaired) electrons. The SMILES string of the molecule is Cc1cccc(Cn2cc(/C=C(/C#N)C(=O)Nc3nnc(C(F)(F)F)s3)c3ccccc32)c1. The number of anilines is 1. The molecule has 166 valence electrons. The number of nitriles is 1. The van der Waals surface area contributed by atoms with E-state index in [2.05, 4.69) is 21.6 Å². The first-order valence-electron chi connectivity index (χ1n) is 9.72. The molecule has 6 nitrogen and oxygen atoms in total. The Morgan fingerprint density at radius 2 is 2.00 bits per heavy atom. The van der Waals surface area contributed by atoms with E-state index in [1.165, 1.54) is 6.08 Å². The smallest absolute Gasteiger partial charge is 0.342 e. The average Bonchev–Trinajstić information content (AvgIpc) is 3.37. The number of rotatable bonds is 5. The number of carbonyl (C=O) groups excluding carboxylic acids is 1. The van der Waals surface area contributed by atoms with Gasteiger partial charge in [0.1, 0.15) is 11.6 Å². The normalized spacial score (nSPS) is 12.0. The molecule has 10 heteroatoms. The highest BCUT2D eigenvalue weighted by Gasteiger charge is 2.35. The van der Waals surface area contributed by atoms with Gasteiger partial charge in [-0.2, -0.15) is 18.4 Å². The predicted octanol–water partition coefficient (Wildman–Crippen LogP) is 5.41. The van der Waals surface area contributed by atoms with E-state index in [9.17, 15) is 23.2 Å². The van der Waals surface area contributed by atoms with Crippen molar-refractivity contribution in [3.8, 4) is 6.07 Å². The van der Waals surface area contributed by atoms with Gasteiger partial charge in [0.05, 0.1) is 0 Å². The van der Waals surface area contributed by atoms with Crippen LogP contribution in [0.5, 0.6) is 0 Å². The second kappa shape index (κ2) is 8.88. The van der Waals surface area contributed by atoms with Crippen LogP contribution in [0.3, 0.4) is 0 Å². The number of hydrogen-bond donors (Lipinski definition) is 1. The maximum atomic E-state index is 12.7. The van der Waals surface area contributed by atoms with E-state index in [1.54, 1.807) is 0 Å². The van der Waals surface area contributed by atoms with Crippen molar-refractivity contribution in [3.63, 3.8) is 0 Å². The fourth-order valence-corrected chi connectivity index (χ4v) is 3.99. The highest BCUT2D eigenvalue weighted by Crippen LogP contribution is 2.33. The van der Waals surface area contributed by atoms with Gasteiger partial charge < -0.3 is 4.57 Å². The molecule has 33 heavy (non-hydrogen) atoms. The Labute approximate surface area is 190 Å². The topological polar surface area (TPSA) is 83.6 Å². The molecule has 4 rings (SSSR count). The molecule has 4 aromatic rings. The molecule has 0 aliphatic carbocycles. The molecule has 0 saturated heterocycles. The van der Waals surface area contributed by atoms with Crippen molar-refractivity contribution in [2.24, 2.45) is 0 Å². The van der Waals surface area contributed by atoms with Gasteiger partial charge in [-0.1, -0.05) is 59.4 Å². The fourth-order valence-electron chi connectivity index (χ4n) is 3.39. The van der Waals surface area contributed by atoms with Gasteiger partial charge in [-0.15, -0.1) is 10.2 Å². The first-order chi connectivity index (χ1) is 15.7. The third kappa shape index (κ3) is 4.94. The Morgan fingerprint density at radius 1 is 1.21 bits per heavy atom. The van der Waals surface area contributed by atoms with Gasteiger partial charge in [0.25, 0.3) is 5.91 Å². The van der Waals surface area contributed by atoms with Crippen LogP contribution in [0.4, 0.5) is 18.3 Å². The lowest BCUT2D eigenvalue weighted by Gasteiger charge is -2.06. The van der Waals surface area contributed by atoms with E-state index in [0.29, 0.717) is 12.1 Å². The summed E-state index contributed by atoms with van der Waals surface area (Å²) < 4.78 is 40.1. The third-order valence-corrected chi connectivity index (χ3v) is 5.69. The first-order valence-corrected chi connectivity index (χ1v) is 10.5. The Hall–Kier alpha value is -3.97. The van der Waals surface area contributed by atoms with Gasteiger partial charge in [-0.3, -0.25) is 10.1 Å². The molecule has 0 aliphatic rings. The van der Waals surface area contributed by atoms with E-state index >= 15 is 0 Å². The minimum absolute atomic E-state index is 0.191. The number of carbonyl (C=O) groups is 1. The lowest BCUT2D eigenvalue weighted by atomic mass is 10.1. The summed E-state index contributed by atoms with van der Waals surface area (Å²) in [5, 5.41) is 17.4. The summed E-state index contributed by atoms with van der Waals surface area (Å²) in [6.45, 7) is 2.61. The number of hydrogen-bond acceptors (Lipinski definition) is 5. The van der Waals surface area contributed by atoms with Crippen molar-refractivity contribution < 1.29 is 18.0 Å². The minimum atomic E-state index is -4.66. The number of fused-ring (bicyclic) bond motifs is 1. The van der Waals surface area contributed by atoms with Crippen LogP contribution in [-0.2, 0) is 17.5 Å². The lowest BCUT2D eigenvalue weighted by molar-refractivity contribution is -0.138. The first kappa shape index (κ1) is 22.2. The molecular formula is C23H16F3N5OS. The van der Waals surface area contributed by atoms with Crippen LogP contribution < -0.4 is 5.32 Å². The summed E-state index contributed by atoms with van der Waals surface area (Å²) in [7, 11) is 0. The van der Waals surface area contributed by atoms with E-state index in [-0.39, 0.29) is 22.0 Å². The Morgan fingerprint density at radius 3 is 2.70 bits per heavy atom. The molecule has 0 unspecified atom stereocenters. The van der Waals surface area contributed by atoms with E-state index in [1.807, 2.05) is 66.2 Å². The summed E-state index contributed by atoms with van der Waals surface area (Å²) in [4.78, 5) is 12.5. The maximum absolute atomic E-state index is 12.7.